The number of nitro groups is 1. The van der Waals surface area contributed by atoms with Gasteiger partial charge in [0, 0.05) is 17.7 Å². The Morgan fingerprint density at radius 2 is 1.95 bits per heavy atom. The van der Waals surface area contributed by atoms with E-state index in [0.717, 1.165) is 5.56 Å². The molecule has 0 saturated carbocycles. The van der Waals surface area contributed by atoms with Gasteiger partial charge in [0.1, 0.15) is 6.54 Å². The number of nitrogens with zero attached hydrogens (tertiary/aromatic N) is 1. The molecule has 2 rings (SSSR count). The fourth-order valence-corrected chi connectivity index (χ4v) is 2.13. The number of anilines is 1. The van der Waals surface area contributed by atoms with Crippen LogP contribution in [0, 0.1) is 10.1 Å². The first-order chi connectivity index (χ1) is 10.6. The van der Waals surface area contributed by atoms with Crippen molar-refractivity contribution in [2.75, 3.05) is 11.9 Å². The first kappa shape index (κ1) is 15.9. The standard InChI is InChI=1S/C15H14ClN3O3/c16-13-8-12(19(21)22)6-7-14(13)18-15(20)10-17-9-11-4-2-1-3-5-11/h1-8,17H,9-10H2,(H,18,20)/p+1. The van der Waals surface area contributed by atoms with Gasteiger partial charge in [0.15, 0.2) is 6.54 Å². The van der Waals surface area contributed by atoms with Gasteiger partial charge in [0.05, 0.1) is 15.6 Å². The number of amides is 1. The number of non-ortho nitro benzene ring substituents is 1. The molecule has 0 spiro atoms. The normalized spacial score (nSPS) is 10.2. The summed E-state index contributed by atoms with van der Waals surface area (Å²) >= 11 is 5.92. The van der Waals surface area contributed by atoms with Gasteiger partial charge in [-0.25, -0.2) is 0 Å². The summed E-state index contributed by atoms with van der Waals surface area (Å²) in [5.74, 6) is -0.216. The molecule has 6 nitrogen and oxygen atoms in total. The lowest BCUT2D eigenvalue weighted by atomic mass is 10.2. The molecule has 0 unspecified atom stereocenters. The van der Waals surface area contributed by atoms with Crippen LogP contribution in [-0.2, 0) is 11.3 Å². The van der Waals surface area contributed by atoms with E-state index in [2.05, 4.69) is 5.32 Å². The Labute approximate surface area is 132 Å². The number of carbonyl (C=O) groups is 1. The van der Waals surface area contributed by atoms with Crippen molar-refractivity contribution in [3.8, 4) is 0 Å². The Bertz CT molecular complexity index is 677. The van der Waals surface area contributed by atoms with Gasteiger partial charge in [-0.05, 0) is 6.07 Å². The maximum absolute atomic E-state index is 11.8. The van der Waals surface area contributed by atoms with Gasteiger partial charge in [0.25, 0.3) is 11.6 Å². The molecule has 22 heavy (non-hydrogen) atoms. The fourth-order valence-electron chi connectivity index (χ4n) is 1.90. The van der Waals surface area contributed by atoms with Crippen molar-refractivity contribution in [3.63, 3.8) is 0 Å². The van der Waals surface area contributed by atoms with Gasteiger partial charge in [-0.1, -0.05) is 41.9 Å². The van der Waals surface area contributed by atoms with Crippen LogP contribution in [0.5, 0.6) is 0 Å². The molecule has 0 aliphatic carbocycles. The molecule has 0 saturated heterocycles. The van der Waals surface area contributed by atoms with Crippen molar-refractivity contribution in [2.45, 2.75) is 6.54 Å². The highest BCUT2D eigenvalue weighted by atomic mass is 35.5. The number of hydrogen-bond acceptors (Lipinski definition) is 3. The van der Waals surface area contributed by atoms with E-state index < -0.39 is 4.92 Å². The lowest BCUT2D eigenvalue weighted by Crippen LogP contribution is -2.84. The molecule has 2 aromatic carbocycles. The van der Waals surface area contributed by atoms with Crippen LogP contribution in [0.3, 0.4) is 0 Å². The quantitative estimate of drug-likeness (QED) is 0.629. The van der Waals surface area contributed by atoms with Gasteiger partial charge >= 0.3 is 0 Å². The van der Waals surface area contributed by atoms with Crippen molar-refractivity contribution in [1.29, 1.82) is 0 Å². The molecule has 0 aromatic heterocycles. The number of nitrogens with two attached hydrogens (primary N) is 1. The Morgan fingerprint density at radius 1 is 1.23 bits per heavy atom. The zero-order valence-electron chi connectivity index (χ0n) is 11.7. The van der Waals surface area contributed by atoms with Crippen LogP contribution in [0.1, 0.15) is 5.56 Å². The number of halogens is 1. The highest BCUT2D eigenvalue weighted by Crippen LogP contribution is 2.26. The smallest absolute Gasteiger partial charge is 0.279 e. The molecular weight excluding hydrogens is 306 g/mol. The van der Waals surface area contributed by atoms with Crippen molar-refractivity contribution in [2.24, 2.45) is 0 Å². The maximum atomic E-state index is 11.8. The van der Waals surface area contributed by atoms with E-state index in [1.54, 1.807) is 0 Å². The zero-order chi connectivity index (χ0) is 15.9. The van der Waals surface area contributed by atoms with Crippen molar-refractivity contribution in [3.05, 3.63) is 69.2 Å². The Morgan fingerprint density at radius 3 is 2.59 bits per heavy atom. The number of carbonyl (C=O) groups excluding carboxylic acids is 1. The maximum Gasteiger partial charge on any atom is 0.279 e. The van der Waals surface area contributed by atoms with E-state index in [1.165, 1.54) is 18.2 Å². The van der Waals surface area contributed by atoms with E-state index >= 15 is 0 Å². The molecule has 0 radical (unpaired) electrons. The van der Waals surface area contributed by atoms with Crippen molar-refractivity contribution >= 4 is 28.9 Å². The summed E-state index contributed by atoms with van der Waals surface area (Å²) in [6, 6.07) is 13.7. The average molecular weight is 321 g/mol. The number of quaternary nitrogens is 1. The molecule has 0 heterocycles. The fraction of sp³-hybridized carbons (Fsp3) is 0.133. The minimum absolute atomic E-state index is 0.112. The SMILES string of the molecule is O=C(C[NH2+]Cc1ccccc1)Nc1ccc([N+](=O)[O-])cc1Cl. The molecule has 3 N–H and O–H groups in total. The first-order valence-electron chi connectivity index (χ1n) is 6.65. The summed E-state index contributed by atoms with van der Waals surface area (Å²) in [4.78, 5) is 21.9. The highest BCUT2D eigenvalue weighted by molar-refractivity contribution is 6.33. The van der Waals surface area contributed by atoms with Crippen LogP contribution in [0.2, 0.25) is 5.02 Å². The number of rotatable bonds is 6. The Balaban J connectivity index is 1.85. The lowest BCUT2D eigenvalue weighted by molar-refractivity contribution is -0.659. The molecule has 0 fully saturated rings. The van der Waals surface area contributed by atoms with Crippen molar-refractivity contribution < 1.29 is 15.0 Å². The van der Waals surface area contributed by atoms with Crippen LogP contribution in [0.4, 0.5) is 11.4 Å². The van der Waals surface area contributed by atoms with Crippen LogP contribution in [-0.4, -0.2) is 17.4 Å². The predicted molar refractivity (Wildman–Crippen MR) is 83.7 cm³/mol. The zero-order valence-corrected chi connectivity index (χ0v) is 12.4. The summed E-state index contributed by atoms with van der Waals surface area (Å²) in [6.45, 7) is 0.935. The van der Waals surface area contributed by atoms with E-state index in [9.17, 15) is 14.9 Å². The average Bonchev–Trinajstić information content (AvgIpc) is 2.50. The molecule has 1 amide bonds. The third-order valence-corrected chi connectivity index (χ3v) is 3.30. The van der Waals surface area contributed by atoms with Crippen LogP contribution in [0.15, 0.2) is 48.5 Å². The minimum Gasteiger partial charge on any atom is -0.335 e. The van der Waals surface area contributed by atoms with E-state index in [4.69, 9.17) is 11.6 Å². The monoisotopic (exact) mass is 320 g/mol. The first-order valence-corrected chi connectivity index (χ1v) is 7.03. The van der Waals surface area contributed by atoms with E-state index in [0.29, 0.717) is 12.2 Å². The summed E-state index contributed by atoms with van der Waals surface area (Å²) in [5.41, 5.74) is 1.38. The molecule has 114 valence electrons. The van der Waals surface area contributed by atoms with E-state index in [-0.39, 0.29) is 23.2 Å². The van der Waals surface area contributed by atoms with Gasteiger partial charge < -0.3 is 10.6 Å². The summed E-state index contributed by atoms with van der Waals surface area (Å²) in [6.07, 6.45) is 0. The molecular formula is C15H15ClN3O3+. The second kappa shape index (κ2) is 7.53. The van der Waals surface area contributed by atoms with Gasteiger partial charge in [0.2, 0.25) is 0 Å². The van der Waals surface area contributed by atoms with Crippen LogP contribution >= 0.6 is 11.6 Å². The largest absolute Gasteiger partial charge is 0.335 e. The highest BCUT2D eigenvalue weighted by Gasteiger charge is 2.12. The predicted octanol–water partition coefficient (Wildman–Crippen LogP) is 1.95. The molecule has 0 atom stereocenters. The van der Waals surface area contributed by atoms with Crippen molar-refractivity contribution in [1.82, 2.24) is 0 Å². The van der Waals surface area contributed by atoms with Gasteiger partial charge in [-0.15, -0.1) is 0 Å². The van der Waals surface area contributed by atoms with E-state index in [1.807, 2.05) is 35.6 Å². The second-order valence-corrected chi connectivity index (χ2v) is 5.06. The Hall–Kier alpha value is -2.44. The van der Waals surface area contributed by atoms with Crippen LogP contribution in [0.25, 0.3) is 0 Å². The van der Waals surface area contributed by atoms with Gasteiger partial charge in [-0.3, -0.25) is 14.9 Å². The molecule has 2 aromatic rings. The topological polar surface area (TPSA) is 88.8 Å². The summed E-state index contributed by atoms with van der Waals surface area (Å²) < 4.78 is 0. The molecule has 7 heteroatoms. The molecule has 0 bridgehead atoms. The second-order valence-electron chi connectivity index (χ2n) is 4.65. The number of hydrogen-bond donors (Lipinski definition) is 2. The summed E-state index contributed by atoms with van der Waals surface area (Å²) in [7, 11) is 0. The molecule has 0 aliphatic heterocycles. The third kappa shape index (κ3) is 4.54. The molecule has 0 aliphatic rings. The lowest BCUT2D eigenvalue weighted by Gasteiger charge is -2.06. The Kier molecular flexibility index (Phi) is 5.46. The number of nitro benzene ring substituents is 1. The minimum atomic E-state index is -0.537. The van der Waals surface area contributed by atoms with Crippen LogP contribution < -0.4 is 10.6 Å². The third-order valence-electron chi connectivity index (χ3n) is 2.99. The summed E-state index contributed by atoms with van der Waals surface area (Å²) in [5, 5.41) is 15.3. The number of nitrogens with one attached hydrogen (secondary N) is 1. The van der Waals surface area contributed by atoms with Gasteiger partial charge in [-0.2, -0.15) is 0 Å². The number of benzene rings is 2.